The predicted octanol–water partition coefficient (Wildman–Crippen LogP) is 4.68. The smallest absolute Gasteiger partial charge is 0.224 e. The number of likely N-dealkylation sites (tertiary alicyclic amines) is 1. The zero-order valence-corrected chi connectivity index (χ0v) is 20.8. The Bertz CT molecular complexity index is 1140. The van der Waals surface area contributed by atoms with E-state index in [0.29, 0.717) is 43.4 Å². The van der Waals surface area contributed by atoms with Crippen LogP contribution in [-0.2, 0) is 17.9 Å². The van der Waals surface area contributed by atoms with Crippen LogP contribution in [0.15, 0.2) is 72.8 Å². The standard InChI is InChI=1S/C29H33FN2O4/c1-34-27-12-11-22(14-28(27)35-2)16-31-29(33)24-13-23(20-36-26-10-6-9-25(30)15-26)18-32(19-24)17-21-7-4-3-5-8-21/h3-12,14-15,23-24H,13,16-20H2,1-2H3,(H,31,33)/t23-,24+/m0/s1. The Morgan fingerprint density at radius 1 is 0.944 bits per heavy atom. The van der Waals surface area contributed by atoms with E-state index in [1.807, 2.05) is 36.4 Å². The second-order valence-electron chi connectivity index (χ2n) is 9.15. The number of piperidine rings is 1. The van der Waals surface area contributed by atoms with Crippen molar-refractivity contribution in [3.63, 3.8) is 0 Å². The second-order valence-corrected chi connectivity index (χ2v) is 9.15. The molecule has 36 heavy (non-hydrogen) atoms. The molecule has 1 aliphatic rings. The first kappa shape index (κ1) is 25.5. The van der Waals surface area contributed by atoms with Crippen molar-refractivity contribution in [1.29, 1.82) is 0 Å². The Kier molecular flexibility index (Phi) is 8.79. The number of rotatable bonds is 10. The molecule has 1 N–H and O–H groups in total. The summed E-state index contributed by atoms with van der Waals surface area (Å²) in [6, 6.07) is 22.0. The number of nitrogens with zero attached hydrogens (tertiary/aromatic N) is 1. The molecule has 1 fully saturated rings. The van der Waals surface area contributed by atoms with Gasteiger partial charge in [0.05, 0.1) is 26.7 Å². The van der Waals surface area contributed by atoms with Crippen molar-refractivity contribution in [3.8, 4) is 17.2 Å². The number of ether oxygens (including phenoxy) is 3. The number of nitrogens with one attached hydrogen (secondary N) is 1. The maximum atomic E-state index is 13.6. The maximum absolute atomic E-state index is 13.6. The third kappa shape index (κ3) is 6.98. The molecule has 0 unspecified atom stereocenters. The lowest BCUT2D eigenvalue weighted by atomic mass is 9.88. The minimum absolute atomic E-state index is 0.0123. The van der Waals surface area contributed by atoms with Crippen LogP contribution in [0.25, 0.3) is 0 Å². The lowest BCUT2D eigenvalue weighted by Gasteiger charge is -2.37. The van der Waals surface area contributed by atoms with Crippen LogP contribution in [-0.4, -0.2) is 44.7 Å². The van der Waals surface area contributed by atoms with E-state index in [-0.39, 0.29) is 23.6 Å². The SMILES string of the molecule is COc1ccc(CNC(=O)[C@@H]2C[C@H](COc3cccc(F)c3)CN(Cc3ccccc3)C2)cc1OC. The number of hydrogen-bond acceptors (Lipinski definition) is 5. The van der Waals surface area contributed by atoms with Gasteiger partial charge in [0, 0.05) is 38.2 Å². The Hall–Kier alpha value is -3.58. The summed E-state index contributed by atoms with van der Waals surface area (Å²) in [4.78, 5) is 15.5. The average Bonchev–Trinajstić information content (AvgIpc) is 2.91. The first-order chi connectivity index (χ1) is 17.5. The van der Waals surface area contributed by atoms with Crippen LogP contribution in [0, 0.1) is 17.7 Å². The van der Waals surface area contributed by atoms with Gasteiger partial charge in [-0.15, -0.1) is 0 Å². The molecule has 6 nitrogen and oxygen atoms in total. The largest absolute Gasteiger partial charge is 0.493 e. The number of benzene rings is 3. The van der Waals surface area contributed by atoms with E-state index >= 15 is 0 Å². The Labute approximate surface area is 212 Å². The molecule has 4 rings (SSSR count). The monoisotopic (exact) mass is 492 g/mol. The fourth-order valence-electron chi connectivity index (χ4n) is 4.68. The van der Waals surface area contributed by atoms with E-state index in [0.717, 1.165) is 18.7 Å². The minimum Gasteiger partial charge on any atom is -0.493 e. The molecule has 0 radical (unpaired) electrons. The van der Waals surface area contributed by atoms with Crippen LogP contribution in [0.4, 0.5) is 4.39 Å². The fraction of sp³-hybridized carbons (Fsp3) is 0.345. The second kappa shape index (κ2) is 12.4. The van der Waals surface area contributed by atoms with Crippen LogP contribution in [0.3, 0.4) is 0 Å². The zero-order valence-electron chi connectivity index (χ0n) is 20.8. The summed E-state index contributed by atoms with van der Waals surface area (Å²) < 4.78 is 30.1. The molecule has 1 saturated heterocycles. The van der Waals surface area contributed by atoms with Crippen LogP contribution < -0.4 is 19.5 Å². The van der Waals surface area contributed by atoms with Gasteiger partial charge in [-0.25, -0.2) is 4.39 Å². The molecule has 7 heteroatoms. The molecule has 1 heterocycles. The van der Waals surface area contributed by atoms with Gasteiger partial charge in [-0.05, 0) is 41.8 Å². The summed E-state index contributed by atoms with van der Waals surface area (Å²) in [5.41, 5.74) is 2.14. The number of carbonyl (C=O) groups excluding carboxylic acids is 1. The fourth-order valence-corrected chi connectivity index (χ4v) is 4.68. The zero-order chi connectivity index (χ0) is 25.3. The molecule has 1 aliphatic heterocycles. The highest BCUT2D eigenvalue weighted by Gasteiger charge is 2.32. The lowest BCUT2D eigenvalue weighted by Crippen LogP contribution is -2.47. The van der Waals surface area contributed by atoms with Crippen molar-refractivity contribution >= 4 is 5.91 Å². The molecule has 2 atom stereocenters. The van der Waals surface area contributed by atoms with Gasteiger partial charge in [-0.2, -0.15) is 0 Å². The normalized spacial score (nSPS) is 17.9. The van der Waals surface area contributed by atoms with E-state index in [9.17, 15) is 9.18 Å². The van der Waals surface area contributed by atoms with Crippen LogP contribution in [0.5, 0.6) is 17.2 Å². The molecule has 1 amide bonds. The summed E-state index contributed by atoms with van der Waals surface area (Å²) in [6.07, 6.45) is 0.707. The van der Waals surface area contributed by atoms with Gasteiger partial charge < -0.3 is 19.5 Å². The summed E-state index contributed by atoms with van der Waals surface area (Å²) in [5.74, 6) is 1.44. The van der Waals surface area contributed by atoms with Crippen molar-refractivity contribution < 1.29 is 23.4 Å². The van der Waals surface area contributed by atoms with Gasteiger partial charge >= 0.3 is 0 Å². The number of hydrogen-bond donors (Lipinski definition) is 1. The predicted molar refractivity (Wildman–Crippen MR) is 137 cm³/mol. The van der Waals surface area contributed by atoms with Crippen molar-refractivity contribution in [2.75, 3.05) is 33.9 Å². The lowest BCUT2D eigenvalue weighted by molar-refractivity contribution is -0.128. The highest BCUT2D eigenvalue weighted by atomic mass is 19.1. The molecule has 0 aliphatic carbocycles. The van der Waals surface area contributed by atoms with Crippen molar-refractivity contribution in [1.82, 2.24) is 10.2 Å². The van der Waals surface area contributed by atoms with Gasteiger partial charge in [0.1, 0.15) is 11.6 Å². The Morgan fingerprint density at radius 3 is 2.50 bits per heavy atom. The molecular formula is C29H33FN2O4. The van der Waals surface area contributed by atoms with Crippen LogP contribution in [0.2, 0.25) is 0 Å². The number of halogens is 1. The van der Waals surface area contributed by atoms with E-state index in [1.165, 1.54) is 17.7 Å². The van der Waals surface area contributed by atoms with Crippen LogP contribution >= 0.6 is 0 Å². The van der Waals surface area contributed by atoms with Crippen molar-refractivity contribution in [3.05, 3.63) is 89.7 Å². The van der Waals surface area contributed by atoms with E-state index in [4.69, 9.17) is 14.2 Å². The van der Waals surface area contributed by atoms with E-state index in [1.54, 1.807) is 26.4 Å². The Balaban J connectivity index is 1.41. The van der Waals surface area contributed by atoms with Gasteiger partial charge in [0.2, 0.25) is 5.91 Å². The maximum Gasteiger partial charge on any atom is 0.224 e. The summed E-state index contributed by atoms with van der Waals surface area (Å²) in [5, 5.41) is 3.09. The Morgan fingerprint density at radius 2 is 1.75 bits per heavy atom. The first-order valence-electron chi connectivity index (χ1n) is 12.2. The number of carbonyl (C=O) groups is 1. The average molecular weight is 493 g/mol. The topological polar surface area (TPSA) is 60.0 Å². The minimum atomic E-state index is -0.325. The highest BCUT2D eigenvalue weighted by molar-refractivity contribution is 5.79. The first-order valence-corrected chi connectivity index (χ1v) is 12.2. The number of amides is 1. The molecule has 3 aromatic carbocycles. The molecule has 0 bridgehead atoms. The van der Waals surface area contributed by atoms with Crippen LogP contribution in [0.1, 0.15) is 17.5 Å². The third-order valence-corrected chi connectivity index (χ3v) is 6.43. The molecule has 190 valence electrons. The summed E-state index contributed by atoms with van der Waals surface area (Å²) >= 11 is 0. The molecule has 0 spiro atoms. The van der Waals surface area contributed by atoms with E-state index in [2.05, 4.69) is 22.3 Å². The van der Waals surface area contributed by atoms with Gasteiger partial charge in [0.15, 0.2) is 11.5 Å². The quantitative estimate of drug-likeness (QED) is 0.446. The number of methoxy groups -OCH3 is 2. The van der Waals surface area contributed by atoms with E-state index < -0.39 is 0 Å². The van der Waals surface area contributed by atoms with Crippen molar-refractivity contribution in [2.45, 2.75) is 19.5 Å². The molecule has 0 saturated carbocycles. The van der Waals surface area contributed by atoms with Crippen molar-refractivity contribution in [2.24, 2.45) is 11.8 Å². The van der Waals surface area contributed by atoms with Gasteiger partial charge in [0.25, 0.3) is 0 Å². The summed E-state index contributed by atoms with van der Waals surface area (Å²) in [7, 11) is 3.19. The van der Waals surface area contributed by atoms with Gasteiger partial charge in [-0.3, -0.25) is 9.69 Å². The molecule has 0 aromatic heterocycles. The molecular weight excluding hydrogens is 459 g/mol. The molecule has 3 aromatic rings. The van der Waals surface area contributed by atoms with Gasteiger partial charge in [-0.1, -0.05) is 42.5 Å². The highest BCUT2D eigenvalue weighted by Crippen LogP contribution is 2.28. The third-order valence-electron chi connectivity index (χ3n) is 6.43. The summed E-state index contributed by atoms with van der Waals surface area (Å²) in [6.45, 7) is 3.07.